The van der Waals surface area contributed by atoms with Gasteiger partial charge < -0.3 is 33.9 Å². The Morgan fingerprint density at radius 1 is 0.909 bits per heavy atom. The van der Waals surface area contributed by atoms with Gasteiger partial charge in [0.05, 0.1) is 44.7 Å². The highest BCUT2D eigenvalue weighted by molar-refractivity contribution is 5.89. The lowest BCUT2D eigenvalue weighted by Gasteiger charge is -2.46. The van der Waals surface area contributed by atoms with Gasteiger partial charge in [0, 0.05) is 31.6 Å². The second-order valence-corrected chi connectivity index (χ2v) is 11.6. The number of carbonyl (C=O) groups is 2. The average molecular weight is 611 g/mol. The minimum atomic E-state index is -1.13. The fourth-order valence-corrected chi connectivity index (χ4v) is 5.92. The molecule has 0 spiro atoms. The summed E-state index contributed by atoms with van der Waals surface area (Å²) in [7, 11) is 0. The highest BCUT2D eigenvalue weighted by Crippen LogP contribution is 2.50. The molecule has 2 fully saturated rings. The number of hydrogen-bond donors (Lipinski definition) is 1. The molecule has 2 aliphatic carbocycles. The van der Waals surface area contributed by atoms with Gasteiger partial charge in [-0.2, -0.15) is 0 Å². The van der Waals surface area contributed by atoms with Crippen molar-refractivity contribution in [3.63, 3.8) is 0 Å². The third-order valence-corrected chi connectivity index (χ3v) is 8.46. The highest BCUT2D eigenvalue weighted by Gasteiger charge is 2.54. The average Bonchev–Trinajstić information content (AvgIpc) is 3.83. The van der Waals surface area contributed by atoms with Crippen molar-refractivity contribution >= 4 is 12.0 Å². The molecule has 9 nitrogen and oxygen atoms in total. The van der Waals surface area contributed by atoms with Gasteiger partial charge in [0.2, 0.25) is 0 Å². The van der Waals surface area contributed by atoms with E-state index in [0.717, 1.165) is 41.0 Å². The number of hydrogen-bond acceptors (Lipinski definition) is 7. The zero-order valence-corrected chi connectivity index (χ0v) is 27.2. The molecule has 2 aliphatic rings. The SMILES string of the molecule is CCOC(=O)C1(NC(=O)N(CCO[C@@H](C)c2ccccc2)[C@H](C)c2cc(OCC)c(C3CC3)c(OCC)c2)CC(OCC)C1. The van der Waals surface area contributed by atoms with Crippen molar-refractivity contribution in [2.24, 2.45) is 0 Å². The second-order valence-electron chi connectivity index (χ2n) is 11.6. The van der Waals surface area contributed by atoms with E-state index in [-0.39, 0.29) is 30.9 Å². The summed E-state index contributed by atoms with van der Waals surface area (Å²) in [5.41, 5.74) is 1.93. The summed E-state index contributed by atoms with van der Waals surface area (Å²) in [6, 6.07) is 13.3. The van der Waals surface area contributed by atoms with Crippen molar-refractivity contribution in [3.05, 3.63) is 59.2 Å². The minimum absolute atomic E-state index is 0.108. The maximum Gasteiger partial charge on any atom is 0.332 e. The van der Waals surface area contributed by atoms with Crippen LogP contribution in [0, 0.1) is 0 Å². The fourth-order valence-electron chi connectivity index (χ4n) is 5.92. The molecule has 2 aromatic carbocycles. The van der Waals surface area contributed by atoms with E-state index in [1.54, 1.807) is 11.8 Å². The van der Waals surface area contributed by atoms with E-state index in [9.17, 15) is 9.59 Å². The van der Waals surface area contributed by atoms with E-state index in [1.807, 2.05) is 77.1 Å². The summed E-state index contributed by atoms with van der Waals surface area (Å²) in [5.74, 6) is 1.60. The Kier molecular flexibility index (Phi) is 11.9. The van der Waals surface area contributed by atoms with Crippen molar-refractivity contribution in [1.82, 2.24) is 10.2 Å². The number of ether oxygens (including phenoxy) is 5. The Bertz CT molecular complexity index is 1200. The quantitative estimate of drug-likeness (QED) is 0.199. The molecule has 4 rings (SSSR count). The van der Waals surface area contributed by atoms with Crippen molar-refractivity contribution in [3.8, 4) is 11.5 Å². The molecule has 0 radical (unpaired) electrons. The van der Waals surface area contributed by atoms with E-state index < -0.39 is 11.5 Å². The van der Waals surface area contributed by atoms with Crippen LogP contribution in [0.5, 0.6) is 11.5 Å². The molecule has 0 unspecified atom stereocenters. The molecule has 2 amide bonds. The first-order chi connectivity index (χ1) is 21.3. The monoisotopic (exact) mass is 610 g/mol. The summed E-state index contributed by atoms with van der Waals surface area (Å²) in [4.78, 5) is 29.0. The Morgan fingerprint density at radius 3 is 2.09 bits per heavy atom. The van der Waals surface area contributed by atoms with Crippen LogP contribution >= 0.6 is 0 Å². The molecule has 9 heteroatoms. The van der Waals surface area contributed by atoms with Crippen LogP contribution in [0.3, 0.4) is 0 Å². The summed E-state index contributed by atoms with van der Waals surface area (Å²) in [6.45, 7) is 14.1. The highest BCUT2D eigenvalue weighted by atomic mass is 16.5. The van der Waals surface area contributed by atoms with E-state index in [1.165, 1.54) is 0 Å². The van der Waals surface area contributed by atoms with E-state index in [4.69, 9.17) is 23.7 Å². The van der Waals surface area contributed by atoms with Crippen molar-refractivity contribution in [2.75, 3.05) is 39.6 Å². The van der Waals surface area contributed by atoms with Gasteiger partial charge in [0.25, 0.3) is 0 Å². The Hall–Kier alpha value is -3.30. The molecular formula is C35H50N2O7. The number of urea groups is 1. The van der Waals surface area contributed by atoms with Gasteiger partial charge in [0.1, 0.15) is 17.0 Å². The third-order valence-electron chi connectivity index (χ3n) is 8.46. The standard InChI is InChI=1S/C35H50N2O7/c1-7-40-29-22-35(23-29,33(38)43-10-4)36-34(39)37(18-19-44-25(6)26-14-12-11-13-15-26)24(5)28-20-30(41-8-2)32(27-16-17-27)31(21-28)42-9-3/h11-15,20-21,24-25,27,29H,7-10,16-19,22-23H2,1-6H3,(H,36,39)/t24-,25+,29?,35?/m1/s1. The number of amides is 2. The maximum atomic E-state index is 14.1. The molecule has 0 heterocycles. The second kappa shape index (κ2) is 15.6. The molecule has 2 saturated carbocycles. The number of rotatable bonds is 17. The van der Waals surface area contributed by atoms with Crippen LogP contribution in [0.25, 0.3) is 0 Å². The van der Waals surface area contributed by atoms with E-state index in [2.05, 4.69) is 5.32 Å². The van der Waals surface area contributed by atoms with Crippen LogP contribution in [0.2, 0.25) is 0 Å². The molecule has 1 N–H and O–H groups in total. The summed E-state index contributed by atoms with van der Waals surface area (Å²) in [5, 5.41) is 3.06. The molecule has 2 atom stereocenters. The Labute approximate surface area is 262 Å². The Balaban J connectivity index is 1.61. The number of nitrogens with one attached hydrogen (secondary N) is 1. The lowest BCUT2D eigenvalue weighted by molar-refractivity contribution is -0.163. The third kappa shape index (κ3) is 8.04. The topological polar surface area (TPSA) is 95.6 Å². The molecule has 0 aromatic heterocycles. The van der Waals surface area contributed by atoms with Gasteiger partial charge in [0.15, 0.2) is 0 Å². The predicted molar refractivity (Wildman–Crippen MR) is 169 cm³/mol. The zero-order valence-electron chi connectivity index (χ0n) is 27.2. The lowest BCUT2D eigenvalue weighted by Crippen LogP contribution is -2.67. The van der Waals surface area contributed by atoms with Crippen LogP contribution in [0.4, 0.5) is 4.79 Å². The van der Waals surface area contributed by atoms with Crippen LogP contribution in [-0.2, 0) is 19.0 Å². The zero-order chi connectivity index (χ0) is 31.7. The summed E-state index contributed by atoms with van der Waals surface area (Å²) in [6.07, 6.45) is 2.71. The maximum absolute atomic E-state index is 14.1. The van der Waals surface area contributed by atoms with Gasteiger partial charge in [-0.3, -0.25) is 0 Å². The smallest absolute Gasteiger partial charge is 0.332 e. The van der Waals surface area contributed by atoms with Crippen LogP contribution < -0.4 is 14.8 Å². The lowest BCUT2D eigenvalue weighted by atomic mass is 9.74. The molecule has 0 bridgehead atoms. The van der Waals surface area contributed by atoms with Crippen molar-refractivity contribution in [2.45, 2.75) is 96.9 Å². The molecule has 0 saturated heterocycles. The van der Waals surface area contributed by atoms with Gasteiger partial charge in [-0.15, -0.1) is 0 Å². The molecule has 242 valence electrons. The first-order valence-electron chi connectivity index (χ1n) is 16.2. The Morgan fingerprint density at radius 2 is 1.55 bits per heavy atom. The van der Waals surface area contributed by atoms with Gasteiger partial charge in [-0.1, -0.05) is 30.3 Å². The predicted octanol–water partition coefficient (Wildman–Crippen LogP) is 6.71. The molecule has 44 heavy (non-hydrogen) atoms. The van der Waals surface area contributed by atoms with Gasteiger partial charge >= 0.3 is 12.0 Å². The first kappa shape index (κ1) is 33.6. The van der Waals surface area contributed by atoms with Gasteiger partial charge in [-0.25, -0.2) is 9.59 Å². The van der Waals surface area contributed by atoms with Crippen LogP contribution in [-0.4, -0.2) is 68.1 Å². The molecular weight excluding hydrogens is 560 g/mol. The van der Waals surface area contributed by atoms with Crippen molar-refractivity contribution < 1.29 is 33.3 Å². The van der Waals surface area contributed by atoms with Crippen molar-refractivity contribution in [1.29, 1.82) is 0 Å². The summed E-state index contributed by atoms with van der Waals surface area (Å²) < 4.78 is 29.6. The van der Waals surface area contributed by atoms with E-state index >= 15 is 0 Å². The number of benzene rings is 2. The van der Waals surface area contributed by atoms with Gasteiger partial charge in [-0.05, 0) is 83.6 Å². The fraction of sp³-hybridized carbons (Fsp3) is 0.600. The molecule has 2 aromatic rings. The minimum Gasteiger partial charge on any atom is -0.493 e. The summed E-state index contributed by atoms with van der Waals surface area (Å²) >= 11 is 0. The normalized spacial score (nSPS) is 20.6. The number of nitrogens with zero attached hydrogens (tertiary/aromatic N) is 1. The first-order valence-corrected chi connectivity index (χ1v) is 16.2. The molecule has 0 aliphatic heterocycles. The van der Waals surface area contributed by atoms with E-state index in [0.29, 0.717) is 51.7 Å². The van der Waals surface area contributed by atoms with Crippen LogP contribution in [0.15, 0.2) is 42.5 Å². The van der Waals surface area contributed by atoms with Crippen LogP contribution in [0.1, 0.15) is 102 Å². The number of esters is 1. The largest absolute Gasteiger partial charge is 0.493 e. The number of carbonyl (C=O) groups excluding carboxylic acids is 2.